The number of hydrogen-bond donors (Lipinski definition) is 3. The molecular formula is C15H17N5O. The lowest BCUT2D eigenvalue weighted by atomic mass is 10.0. The normalized spacial score (nSPS) is 9.81. The van der Waals surface area contributed by atoms with E-state index in [2.05, 4.69) is 32.3 Å². The van der Waals surface area contributed by atoms with Crippen LogP contribution in [0.1, 0.15) is 27.3 Å². The van der Waals surface area contributed by atoms with E-state index in [4.69, 9.17) is 5.73 Å². The van der Waals surface area contributed by atoms with Gasteiger partial charge in [0.15, 0.2) is 0 Å². The minimum absolute atomic E-state index is 0.153. The maximum absolute atomic E-state index is 12.3. The summed E-state index contributed by atoms with van der Waals surface area (Å²) in [5, 5.41) is 9.36. The first-order valence-corrected chi connectivity index (χ1v) is 6.62. The highest BCUT2D eigenvalue weighted by Crippen LogP contribution is 2.10. The van der Waals surface area contributed by atoms with E-state index >= 15 is 0 Å². The molecule has 4 N–H and O–H groups in total. The van der Waals surface area contributed by atoms with Gasteiger partial charge >= 0.3 is 0 Å². The van der Waals surface area contributed by atoms with Gasteiger partial charge in [-0.3, -0.25) is 9.89 Å². The summed E-state index contributed by atoms with van der Waals surface area (Å²) in [6, 6.07) is 5.58. The summed E-state index contributed by atoms with van der Waals surface area (Å²) in [5.41, 5.74) is 7.63. The lowest BCUT2D eigenvalue weighted by Crippen LogP contribution is -2.26. The molecule has 0 radical (unpaired) electrons. The Labute approximate surface area is 123 Å². The van der Waals surface area contributed by atoms with Gasteiger partial charge in [-0.1, -0.05) is 23.5 Å². The Kier molecular flexibility index (Phi) is 5.07. The molecule has 1 aromatic heterocycles. The zero-order valence-electron chi connectivity index (χ0n) is 11.8. The Morgan fingerprint density at radius 3 is 3.05 bits per heavy atom. The number of nitrogens with two attached hydrogens (primary N) is 1. The SMILES string of the molecule is Cc1ccc(C#CCN)c(C(=O)NCCc2ncn[nH]2)c1. The molecule has 0 aliphatic rings. The average molecular weight is 283 g/mol. The Morgan fingerprint density at radius 1 is 1.48 bits per heavy atom. The number of H-pyrrole nitrogens is 1. The van der Waals surface area contributed by atoms with Crippen molar-refractivity contribution in [1.82, 2.24) is 20.5 Å². The Morgan fingerprint density at radius 2 is 2.33 bits per heavy atom. The summed E-state index contributed by atoms with van der Waals surface area (Å²) in [7, 11) is 0. The third-order valence-electron chi connectivity index (χ3n) is 2.86. The first-order valence-electron chi connectivity index (χ1n) is 6.62. The first kappa shape index (κ1) is 14.8. The number of aromatic amines is 1. The molecule has 2 rings (SSSR count). The zero-order chi connectivity index (χ0) is 15.1. The number of amides is 1. The minimum Gasteiger partial charge on any atom is -0.352 e. The van der Waals surface area contributed by atoms with E-state index in [1.165, 1.54) is 6.33 Å². The lowest BCUT2D eigenvalue weighted by Gasteiger charge is -2.07. The zero-order valence-corrected chi connectivity index (χ0v) is 11.8. The van der Waals surface area contributed by atoms with Crippen molar-refractivity contribution in [1.29, 1.82) is 0 Å². The summed E-state index contributed by atoms with van der Waals surface area (Å²) in [6.45, 7) is 2.68. The minimum atomic E-state index is -0.153. The number of rotatable bonds is 4. The number of aromatic nitrogens is 3. The van der Waals surface area contributed by atoms with Gasteiger partial charge in [0.25, 0.3) is 5.91 Å². The van der Waals surface area contributed by atoms with E-state index in [-0.39, 0.29) is 12.5 Å². The largest absolute Gasteiger partial charge is 0.352 e. The quantitative estimate of drug-likeness (QED) is 0.707. The molecule has 0 aliphatic heterocycles. The van der Waals surface area contributed by atoms with Gasteiger partial charge in [0.2, 0.25) is 0 Å². The molecule has 6 heteroatoms. The number of nitrogens with one attached hydrogen (secondary N) is 2. The summed E-state index contributed by atoms with van der Waals surface area (Å²) in [4.78, 5) is 16.3. The predicted octanol–water partition coefficient (Wildman–Crippen LogP) is 0.396. The number of benzene rings is 1. The highest BCUT2D eigenvalue weighted by Gasteiger charge is 2.10. The van der Waals surface area contributed by atoms with E-state index in [1.807, 2.05) is 25.1 Å². The highest BCUT2D eigenvalue weighted by molar-refractivity contribution is 5.96. The van der Waals surface area contributed by atoms with Gasteiger partial charge in [0.1, 0.15) is 12.2 Å². The molecule has 21 heavy (non-hydrogen) atoms. The number of aryl methyl sites for hydroxylation is 1. The fourth-order valence-electron chi connectivity index (χ4n) is 1.84. The van der Waals surface area contributed by atoms with Crippen LogP contribution in [-0.4, -0.2) is 34.2 Å². The van der Waals surface area contributed by atoms with Crippen LogP contribution in [-0.2, 0) is 6.42 Å². The number of nitrogens with zero attached hydrogens (tertiary/aromatic N) is 2. The molecule has 1 aromatic carbocycles. The maximum atomic E-state index is 12.3. The van der Waals surface area contributed by atoms with Gasteiger partial charge in [-0.25, -0.2) is 4.98 Å². The van der Waals surface area contributed by atoms with Crippen molar-refractivity contribution in [2.75, 3.05) is 13.1 Å². The second-order valence-corrected chi connectivity index (χ2v) is 4.49. The number of hydrogen-bond acceptors (Lipinski definition) is 4. The number of carbonyl (C=O) groups is 1. The van der Waals surface area contributed by atoms with Gasteiger partial charge in [0, 0.05) is 18.5 Å². The molecule has 0 bridgehead atoms. The number of carbonyl (C=O) groups excluding carboxylic acids is 1. The van der Waals surface area contributed by atoms with Gasteiger partial charge in [-0.05, 0) is 19.1 Å². The van der Waals surface area contributed by atoms with Crippen LogP contribution in [0.3, 0.4) is 0 Å². The van der Waals surface area contributed by atoms with Crippen molar-refractivity contribution in [2.24, 2.45) is 5.73 Å². The Balaban J connectivity index is 2.05. The van der Waals surface area contributed by atoms with Crippen LogP contribution in [0.15, 0.2) is 24.5 Å². The summed E-state index contributed by atoms with van der Waals surface area (Å²) < 4.78 is 0. The van der Waals surface area contributed by atoms with E-state index in [0.717, 1.165) is 11.4 Å². The molecule has 2 aromatic rings. The van der Waals surface area contributed by atoms with Gasteiger partial charge in [0.05, 0.1) is 12.1 Å². The molecule has 0 atom stereocenters. The monoisotopic (exact) mass is 283 g/mol. The summed E-state index contributed by atoms with van der Waals surface area (Å²) in [5.74, 6) is 6.28. The third-order valence-corrected chi connectivity index (χ3v) is 2.86. The highest BCUT2D eigenvalue weighted by atomic mass is 16.1. The van der Waals surface area contributed by atoms with Crippen LogP contribution in [0, 0.1) is 18.8 Å². The van der Waals surface area contributed by atoms with Crippen LogP contribution in [0.2, 0.25) is 0 Å². The van der Waals surface area contributed by atoms with Crippen molar-refractivity contribution in [3.8, 4) is 11.8 Å². The second-order valence-electron chi connectivity index (χ2n) is 4.49. The molecule has 1 heterocycles. The van der Waals surface area contributed by atoms with Crippen molar-refractivity contribution >= 4 is 5.91 Å². The molecule has 6 nitrogen and oxygen atoms in total. The van der Waals surface area contributed by atoms with Gasteiger partial charge in [-0.15, -0.1) is 0 Å². The molecule has 0 fully saturated rings. The van der Waals surface area contributed by atoms with E-state index in [0.29, 0.717) is 24.1 Å². The topological polar surface area (TPSA) is 96.7 Å². The molecular weight excluding hydrogens is 266 g/mol. The van der Waals surface area contributed by atoms with Gasteiger partial charge in [-0.2, -0.15) is 5.10 Å². The van der Waals surface area contributed by atoms with Crippen LogP contribution >= 0.6 is 0 Å². The van der Waals surface area contributed by atoms with Crippen LogP contribution in [0.25, 0.3) is 0 Å². The van der Waals surface area contributed by atoms with Crippen molar-refractivity contribution in [3.05, 3.63) is 47.0 Å². The molecule has 0 aliphatic carbocycles. The molecule has 1 amide bonds. The van der Waals surface area contributed by atoms with Crippen molar-refractivity contribution < 1.29 is 4.79 Å². The molecule has 0 saturated carbocycles. The molecule has 108 valence electrons. The molecule has 0 spiro atoms. The predicted molar refractivity (Wildman–Crippen MR) is 79.5 cm³/mol. The van der Waals surface area contributed by atoms with E-state index < -0.39 is 0 Å². The fraction of sp³-hybridized carbons (Fsp3) is 0.267. The Hall–Kier alpha value is -2.65. The lowest BCUT2D eigenvalue weighted by molar-refractivity contribution is 0.0953. The molecule has 0 unspecified atom stereocenters. The fourth-order valence-corrected chi connectivity index (χ4v) is 1.84. The maximum Gasteiger partial charge on any atom is 0.252 e. The van der Waals surface area contributed by atoms with Crippen molar-refractivity contribution in [3.63, 3.8) is 0 Å². The van der Waals surface area contributed by atoms with Crippen molar-refractivity contribution in [2.45, 2.75) is 13.3 Å². The summed E-state index contributed by atoms with van der Waals surface area (Å²) >= 11 is 0. The van der Waals surface area contributed by atoms with E-state index in [1.54, 1.807) is 0 Å². The third kappa shape index (κ3) is 4.16. The summed E-state index contributed by atoms with van der Waals surface area (Å²) in [6.07, 6.45) is 2.04. The van der Waals surface area contributed by atoms with E-state index in [9.17, 15) is 4.79 Å². The van der Waals surface area contributed by atoms with Crippen LogP contribution < -0.4 is 11.1 Å². The van der Waals surface area contributed by atoms with Crippen LogP contribution in [0.5, 0.6) is 0 Å². The van der Waals surface area contributed by atoms with Gasteiger partial charge < -0.3 is 11.1 Å². The first-order chi connectivity index (χ1) is 10.2. The average Bonchev–Trinajstić information content (AvgIpc) is 2.99. The molecule has 0 saturated heterocycles. The Bertz CT molecular complexity index is 667. The second kappa shape index (κ2) is 7.22. The van der Waals surface area contributed by atoms with Crippen LogP contribution in [0.4, 0.5) is 0 Å². The smallest absolute Gasteiger partial charge is 0.252 e. The standard InChI is InChI=1S/C15H17N5O/c1-11-4-5-12(3-2-7-16)13(9-11)15(21)17-8-6-14-18-10-19-20-14/h4-5,9-10H,6-8,16H2,1H3,(H,17,21)(H,18,19,20).